The molecule has 0 saturated carbocycles. The van der Waals surface area contributed by atoms with Crippen LogP contribution >= 0.6 is 0 Å². The summed E-state index contributed by atoms with van der Waals surface area (Å²) in [5.41, 5.74) is 3.65. The predicted octanol–water partition coefficient (Wildman–Crippen LogP) is 0.773. The number of benzene rings is 1. The average Bonchev–Trinajstić information content (AvgIpc) is 3.19. The molecule has 9 heteroatoms. The molecule has 8 nitrogen and oxygen atoms in total. The van der Waals surface area contributed by atoms with Crippen molar-refractivity contribution in [3.63, 3.8) is 0 Å². The molecule has 0 radical (unpaired) electrons. The first-order chi connectivity index (χ1) is 15.1. The number of rotatable bonds is 4. The lowest BCUT2D eigenvalue weighted by atomic mass is 10.1. The van der Waals surface area contributed by atoms with Crippen LogP contribution in [-0.2, 0) is 0 Å². The van der Waals surface area contributed by atoms with Crippen LogP contribution in [0.3, 0.4) is 0 Å². The number of nitrogens with one attached hydrogen (secondary N) is 1. The second-order valence-corrected chi connectivity index (χ2v) is 7.82. The molecule has 0 aliphatic carbocycles. The Bertz CT molecular complexity index is 1060. The van der Waals surface area contributed by atoms with Gasteiger partial charge < -0.3 is 9.64 Å². The molecule has 1 aromatic heterocycles. The summed E-state index contributed by atoms with van der Waals surface area (Å²) in [6.45, 7) is 4.51. The van der Waals surface area contributed by atoms with Crippen LogP contribution in [-0.4, -0.2) is 79.1 Å². The van der Waals surface area contributed by atoms with Crippen molar-refractivity contribution in [2.24, 2.45) is 10.1 Å². The molecule has 1 atom stereocenters. The quantitative estimate of drug-likeness (QED) is 0.789. The van der Waals surface area contributed by atoms with Crippen molar-refractivity contribution in [3.8, 4) is 5.88 Å². The summed E-state index contributed by atoms with van der Waals surface area (Å²) in [6, 6.07) is 10.3. The minimum Gasteiger partial charge on any atom is -0.481 e. The SMILES string of the molecule is COc1cc(C2=C(c3ccc(F)cc3)N=C3C=NN(N4CCN(C)CC4)C[NH+]32)ccn1. The first-order valence-electron chi connectivity index (χ1n) is 10.3. The number of amidine groups is 1. The Kier molecular flexibility index (Phi) is 5.23. The van der Waals surface area contributed by atoms with Crippen LogP contribution in [0.2, 0.25) is 0 Å². The Balaban J connectivity index is 1.54. The second kappa shape index (κ2) is 8.18. The van der Waals surface area contributed by atoms with Crippen molar-refractivity contribution >= 4 is 23.4 Å². The lowest BCUT2D eigenvalue weighted by Crippen LogP contribution is -3.14. The highest BCUT2D eigenvalue weighted by atomic mass is 19.1. The second-order valence-electron chi connectivity index (χ2n) is 7.82. The van der Waals surface area contributed by atoms with Gasteiger partial charge in [-0.3, -0.25) is 0 Å². The smallest absolute Gasteiger partial charge is 0.254 e. The van der Waals surface area contributed by atoms with E-state index in [0.29, 0.717) is 12.5 Å². The number of likely N-dealkylation sites (N-methyl/N-ethyl adjacent to an activating group) is 1. The topological polar surface area (TPSA) is 61.0 Å². The van der Waals surface area contributed by atoms with Gasteiger partial charge in [-0.2, -0.15) is 20.2 Å². The molecule has 1 saturated heterocycles. The number of quaternary nitrogens is 1. The third-order valence-corrected chi connectivity index (χ3v) is 5.85. The van der Waals surface area contributed by atoms with E-state index in [1.165, 1.54) is 12.1 Å². The number of piperazine rings is 1. The number of pyridine rings is 1. The van der Waals surface area contributed by atoms with Crippen LogP contribution in [0.15, 0.2) is 52.7 Å². The minimum absolute atomic E-state index is 0.269. The summed E-state index contributed by atoms with van der Waals surface area (Å²) >= 11 is 0. The van der Waals surface area contributed by atoms with Gasteiger partial charge in [0.25, 0.3) is 5.84 Å². The molecule has 0 spiro atoms. The van der Waals surface area contributed by atoms with Crippen LogP contribution in [0.25, 0.3) is 11.4 Å². The predicted molar refractivity (Wildman–Crippen MR) is 117 cm³/mol. The molecule has 5 rings (SSSR count). The lowest BCUT2D eigenvalue weighted by molar-refractivity contribution is -0.741. The standard InChI is InChI=1S/C22H24FN7O/c1-27-9-11-28(12-10-27)30-15-29-19(14-25-30)26-21(16-3-5-18(23)6-4-16)22(29)17-7-8-24-20(13-17)31-2/h3-8,13-14H,9-12,15H2,1-2H3/p+1. The Morgan fingerprint density at radius 3 is 2.55 bits per heavy atom. The molecule has 160 valence electrons. The third-order valence-electron chi connectivity index (χ3n) is 5.85. The number of nitrogens with zero attached hydrogens (tertiary/aromatic N) is 6. The van der Waals surface area contributed by atoms with E-state index in [-0.39, 0.29) is 5.82 Å². The highest BCUT2D eigenvalue weighted by Gasteiger charge is 2.39. The molecule has 4 heterocycles. The molecule has 0 amide bonds. The number of hydrogen-bond acceptors (Lipinski definition) is 7. The van der Waals surface area contributed by atoms with Crippen LogP contribution in [0, 0.1) is 5.82 Å². The van der Waals surface area contributed by atoms with Crippen molar-refractivity contribution in [3.05, 3.63) is 59.5 Å². The van der Waals surface area contributed by atoms with Crippen LogP contribution in [0.4, 0.5) is 4.39 Å². The van der Waals surface area contributed by atoms with Gasteiger partial charge in [0.05, 0.1) is 7.11 Å². The number of fused-ring (bicyclic) bond motifs is 1. The summed E-state index contributed by atoms with van der Waals surface area (Å²) in [6.07, 6.45) is 3.56. The molecule has 2 aromatic rings. The fraction of sp³-hybridized carbons (Fsp3) is 0.318. The van der Waals surface area contributed by atoms with Crippen molar-refractivity contribution in [2.75, 3.05) is 47.0 Å². The monoisotopic (exact) mass is 422 g/mol. The van der Waals surface area contributed by atoms with E-state index in [4.69, 9.17) is 9.73 Å². The van der Waals surface area contributed by atoms with Gasteiger partial charge in [-0.05, 0) is 37.4 Å². The highest BCUT2D eigenvalue weighted by Crippen LogP contribution is 2.28. The van der Waals surface area contributed by atoms with E-state index in [1.807, 2.05) is 23.5 Å². The van der Waals surface area contributed by atoms with E-state index >= 15 is 0 Å². The number of hydrazone groups is 1. The van der Waals surface area contributed by atoms with Crippen LogP contribution < -0.4 is 9.64 Å². The Morgan fingerprint density at radius 1 is 1.03 bits per heavy atom. The number of methoxy groups -OCH3 is 1. The van der Waals surface area contributed by atoms with Gasteiger partial charge in [0.1, 0.15) is 17.7 Å². The summed E-state index contributed by atoms with van der Waals surface area (Å²) < 4.78 is 18.9. The van der Waals surface area contributed by atoms with Crippen molar-refractivity contribution in [1.29, 1.82) is 0 Å². The van der Waals surface area contributed by atoms with Gasteiger partial charge in [-0.25, -0.2) is 14.3 Å². The van der Waals surface area contributed by atoms with E-state index in [2.05, 4.69) is 27.0 Å². The maximum absolute atomic E-state index is 13.6. The number of ether oxygens (including phenoxy) is 1. The Hall–Kier alpha value is -3.14. The van der Waals surface area contributed by atoms with Gasteiger partial charge in [0.15, 0.2) is 12.4 Å². The van der Waals surface area contributed by atoms with E-state index in [1.54, 1.807) is 25.4 Å². The van der Waals surface area contributed by atoms with Gasteiger partial charge in [-0.15, -0.1) is 0 Å². The van der Waals surface area contributed by atoms with Gasteiger partial charge in [0.2, 0.25) is 5.88 Å². The average molecular weight is 422 g/mol. The number of hydrazine groups is 1. The number of hydrogen-bond donors (Lipinski definition) is 1. The molecule has 1 N–H and O–H groups in total. The Labute approximate surface area is 180 Å². The molecule has 1 unspecified atom stereocenters. The first-order valence-corrected chi connectivity index (χ1v) is 10.3. The molecular formula is C22H25FN7O+. The zero-order valence-corrected chi connectivity index (χ0v) is 17.6. The zero-order valence-electron chi connectivity index (χ0n) is 17.6. The molecule has 31 heavy (non-hydrogen) atoms. The van der Waals surface area contributed by atoms with Gasteiger partial charge in [0, 0.05) is 49.6 Å². The molecule has 1 fully saturated rings. The summed E-state index contributed by atoms with van der Waals surface area (Å²) in [4.78, 5) is 12.6. The van der Waals surface area contributed by atoms with Crippen LogP contribution in [0.1, 0.15) is 11.1 Å². The summed E-state index contributed by atoms with van der Waals surface area (Å²) in [7, 11) is 3.74. The molecule has 3 aliphatic rings. The van der Waals surface area contributed by atoms with Crippen molar-refractivity contribution in [1.82, 2.24) is 20.0 Å². The summed E-state index contributed by atoms with van der Waals surface area (Å²) in [5.74, 6) is 1.11. The normalized spacial score (nSPS) is 22.0. The number of aromatic nitrogens is 1. The van der Waals surface area contributed by atoms with Crippen molar-refractivity contribution in [2.45, 2.75) is 0 Å². The van der Waals surface area contributed by atoms with Gasteiger partial charge >= 0.3 is 0 Å². The van der Waals surface area contributed by atoms with E-state index < -0.39 is 0 Å². The molecule has 0 bridgehead atoms. The Morgan fingerprint density at radius 2 is 1.81 bits per heavy atom. The fourth-order valence-electron chi connectivity index (χ4n) is 4.09. The maximum Gasteiger partial charge on any atom is 0.254 e. The minimum atomic E-state index is -0.269. The largest absolute Gasteiger partial charge is 0.481 e. The lowest BCUT2D eigenvalue weighted by Gasteiger charge is -2.39. The van der Waals surface area contributed by atoms with E-state index in [0.717, 1.165) is 59.4 Å². The van der Waals surface area contributed by atoms with E-state index in [9.17, 15) is 4.39 Å². The molecule has 3 aliphatic heterocycles. The zero-order chi connectivity index (χ0) is 21.4. The first kappa shape index (κ1) is 19.8. The molecular weight excluding hydrogens is 397 g/mol. The van der Waals surface area contributed by atoms with Gasteiger partial charge in [-0.1, -0.05) is 0 Å². The van der Waals surface area contributed by atoms with Crippen molar-refractivity contribution < 1.29 is 14.0 Å². The maximum atomic E-state index is 13.6. The highest BCUT2D eigenvalue weighted by molar-refractivity contribution is 6.29. The number of halogens is 1. The van der Waals surface area contributed by atoms with Crippen LogP contribution in [0.5, 0.6) is 5.88 Å². The fourth-order valence-corrected chi connectivity index (χ4v) is 4.09. The third kappa shape index (κ3) is 3.83. The number of aliphatic imine (C=N–C) groups is 1. The summed E-state index contributed by atoms with van der Waals surface area (Å²) in [5, 5.41) is 8.98. The molecule has 1 aromatic carbocycles.